The van der Waals surface area contributed by atoms with Gasteiger partial charge < -0.3 is 14.5 Å². The van der Waals surface area contributed by atoms with Gasteiger partial charge >= 0.3 is 0 Å². The molecule has 0 bridgehead atoms. The average molecular weight is 331 g/mol. The number of ether oxygens (including phenoxy) is 2. The van der Waals surface area contributed by atoms with Crippen molar-refractivity contribution >= 4 is 22.7 Å². The number of nitrogens with one attached hydrogen (secondary N) is 1. The number of benzene rings is 2. The van der Waals surface area contributed by atoms with Crippen molar-refractivity contribution in [2.24, 2.45) is 0 Å². The number of hydrogen-bond donors (Lipinski definition) is 1. The summed E-state index contributed by atoms with van der Waals surface area (Å²) >= 11 is 1.64. The van der Waals surface area contributed by atoms with Gasteiger partial charge in [-0.1, -0.05) is 18.7 Å². The van der Waals surface area contributed by atoms with Crippen LogP contribution in [0.15, 0.2) is 46.3 Å². The van der Waals surface area contributed by atoms with E-state index in [4.69, 9.17) is 9.47 Å². The van der Waals surface area contributed by atoms with Crippen LogP contribution >= 0.6 is 11.8 Å². The van der Waals surface area contributed by atoms with Gasteiger partial charge in [0, 0.05) is 26.9 Å². The molecule has 1 heterocycles. The van der Waals surface area contributed by atoms with E-state index in [1.165, 1.54) is 17.7 Å². The predicted octanol–water partition coefficient (Wildman–Crippen LogP) is 5.04. The molecule has 0 aliphatic rings. The molecule has 3 aromatic rings. The van der Waals surface area contributed by atoms with Gasteiger partial charge in [-0.05, 0) is 42.3 Å². The lowest BCUT2D eigenvalue weighted by atomic mass is 10.1. The Morgan fingerprint density at radius 2 is 1.78 bits per heavy atom. The summed E-state index contributed by atoms with van der Waals surface area (Å²) < 4.78 is 24.1. The molecular weight excluding hydrogens is 313 g/mol. The summed E-state index contributed by atoms with van der Waals surface area (Å²) in [6.07, 6.45) is 2.80. The highest BCUT2D eigenvalue weighted by Gasteiger charge is 2.13. The quantitative estimate of drug-likeness (QED) is 0.711. The van der Waals surface area contributed by atoms with Gasteiger partial charge in [0.05, 0.1) is 14.2 Å². The van der Waals surface area contributed by atoms with Gasteiger partial charge in [0.15, 0.2) is 11.5 Å². The second kappa shape index (κ2) is 6.54. The van der Waals surface area contributed by atoms with Gasteiger partial charge in [0.25, 0.3) is 0 Å². The molecule has 2 aromatic carbocycles. The van der Waals surface area contributed by atoms with Crippen LogP contribution in [0, 0.1) is 5.82 Å². The lowest BCUT2D eigenvalue weighted by Gasteiger charge is -2.13. The predicted molar refractivity (Wildman–Crippen MR) is 91.3 cm³/mol. The van der Waals surface area contributed by atoms with Gasteiger partial charge in [0.2, 0.25) is 0 Å². The van der Waals surface area contributed by atoms with Crippen LogP contribution in [0.4, 0.5) is 4.39 Å². The Bertz CT molecular complexity index is 844. The lowest BCUT2D eigenvalue weighted by Crippen LogP contribution is -1.94. The molecule has 0 atom stereocenters. The number of halogens is 1. The summed E-state index contributed by atoms with van der Waals surface area (Å²) in [5.41, 5.74) is 1.98. The molecule has 3 rings (SSSR count). The molecular formula is C18H18FNO2S. The van der Waals surface area contributed by atoms with Gasteiger partial charge in [-0.25, -0.2) is 4.39 Å². The molecule has 0 unspecified atom stereocenters. The van der Waals surface area contributed by atoms with E-state index in [2.05, 4.69) is 11.9 Å². The molecule has 1 N–H and O–H groups in total. The third-order valence-corrected chi connectivity index (χ3v) is 4.93. The standard InChI is InChI=1S/C18H18FNO2S/c1-4-11-7-15(21-2)16(22-3)9-17(11)23-18-10-20-14-8-12(19)5-6-13(14)18/h5-10,20H,4H2,1-3H3. The number of methoxy groups -OCH3 is 2. The molecule has 0 saturated heterocycles. The molecule has 0 spiro atoms. The number of fused-ring (bicyclic) bond motifs is 1. The Kier molecular flexibility index (Phi) is 4.48. The normalized spacial score (nSPS) is 11.0. The van der Waals surface area contributed by atoms with Gasteiger partial charge in [-0.3, -0.25) is 0 Å². The Morgan fingerprint density at radius 3 is 2.48 bits per heavy atom. The van der Waals surface area contributed by atoms with E-state index in [0.717, 1.165) is 32.9 Å². The van der Waals surface area contributed by atoms with E-state index >= 15 is 0 Å². The number of aromatic amines is 1. The first kappa shape index (κ1) is 15.7. The van der Waals surface area contributed by atoms with Crippen molar-refractivity contribution in [2.45, 2.75) is 23.1 Å². The Labute approximate surface area is 138 Å². The van der Waals surface area contributed by atoms with Crippen molar-refractivity contribution in [1.29, 1.82) is 0 Å². The van der Waals surface area contributed by atoms with Crippen LogP contribution in [0.5, 0.6) is 11.5 Å². The lowest BCUT2D eigenvalue weighted by molar-refractivity contribution is 0.353. The zero-order valence-electron chi connectivity index (χ0n) is 13.3. The van der Waals surface area contributed by atoms with Crippen LogP contribution in [-0.4, -0.2) is 19.2 Å². The fraction of sp³-hybridized carbons (Fsp3) is 0.222. The molecule has 5 heteroatoms. The number of aromatic nitrogens is 1. The van der Waals surface area contributed by atoms with E-state index in [9.17, 15) is 4.39 Å². The molecule has 0 aliphatic heterocycles. The second-order valence-corrected chi connectivity index (χ2v) is 6.20. The molecule has 0 radical (unpaired) electrons. The molecule has 3 nitrogen and oxygen atoms in total. The summed E-state index contributed by atoms with van der Waals surface area (Å²) in [7, 11) is 3.27. The van der Waals surface area contributed by atoms with Crippen LogP contribution in [0.1, 0.15) is 12.5 Å². The first-order valence-corrected chi connectivity index (χ1v) is 8.17. The van der Waals surface area contributed by atoms with E-state index in [-0.39, 0.29) is 5.82 Å². The summed E-state index contributed by atoms with van der Waals surface area (Å²) in [6.45, 7) is 2.11. The first-order chi connectivity index (χ1) is 11.2. The fourth-order valence-electron chi connectivity index (χ4n) is 2.55. The fourth-order valence-corrected chi connectivity index (χ4v) is 3.69. The van der Waals surface area contributed by atoms with Crippen LogP contribution in [0.2, 0.25) is 0 Å². The average Bonchev–Trinajstić information content (AvgIpc) is 2.96. The number of rotatable bonds is 5. The minimum Gasteiger partial charge on any atom is -0.493 e. The SMILES string of the molecule is CCc1cc(OC)c(OC)cc1Sc1c[nH]c2cc(F)ccc12. The van der Waals surface area contributed by atoms with Crippen molar-refractivity contribution in [1.82, 2.24) is 4.98 Å². The van der Waals surface area contributed by atoms with Gasteiger partial charge in [0.1, 0.15) is 5.82 Å². The topological polar surface area (TPSA) is 34.2 Å². The number of aryl methyl sites for hydroxylation is 1. The highest BCUT2D eigenvalue weighted by atomic mass is 32.2. The highest BCUT2D eigenvalue weighted by molar-refractivity contribution is 7.99. The van der Waals surface area contributed by atoms with E-state index in [0.29, 0.717) is 5.75 Å². The Morgan fingerprint density at radius 1 is 1.04 bits per heavy atom. The maximum absolute atomic E-state index is 13.3. The van der Waals surface area contributed by atoms with Crippen molar-refractivity contribution < 1.29 is 13.9 Å². The molecule has 0 aliphatic carbocycles. The Hall–Kier alpha value is -2.14. The van der Waals surface area contributed by atoms with Crippen LogP contribution in [0.25, 0.3) is 10.9 Å². The van der Waals surface area contributed by atoms with Crippen LogP contribution < -0.4 is 9.47 Å². The van der Waals surface area contributed by atoms with Gasteiger partial charge in [-0.15, -0.1) is 0 Å². The third kappa shape index (κ3) is 3.01. The molecule has 23 heavy (non-hydrogen) atoms. The third-order valence-electron chi connectivity index (χ3n) is 3.77. The minimum atomic E-state index is -0.240. The van der Waals surface area contributed by atoms with Gasteiger partial charge in [-0.2, -0.15) is 0 Å². The largest absolute Gasteiger partial charge is 0.493 e. The summed E-state index contributed by atoms with van der Waals surface area (Å²) in [5, 5.41) is 1.01. The van der Waals surface area contributed by atoms with E-state index in [1.54, 1.807) is 32.0 Å². The molecule has 0 amide bonds. The van der Waals surface area contributed by atoms with Crippen LogP contribution in [-0.2, 0) is 6.42 Å². The van der Waals surface area contributed by atoms with E-state index < -0.39 is 0 Å². The molecule has 0 fully saturated rings. The second-order valence-electron chi connectivity index (χ2n) is 5.11. The van der Waals surface area contributed by atoms with Crippen LogP contribution in [0.3, 0.4) is 0 Å². The zero-order chi connectivity index (χ0) is 16.4. The molecule has 1 aromatic heterocycles. The zero-order valence-corrected chi connectivity index (χ0v) is 14.1. The molecule has 0 saturated carbocycles. The maximum atomic E-state index is 13.3. The van der Waals surface area contributed by atoms with Crippen molar-refractivity contribution in [3.63, 3.8) is 0 Å². The summed E-state index contributed by atoms with van der Waals surface area (Å²) in [4.78, 5) is 5.29. The van der Waals surface area contributed by atoms with Crippen molar-refractivity contribution in [3.05, 3.63) is 47.9 Å². The smallest absolute Gasteiger partial charge is 0.161 e. The van der Waals surface area contributed by atoms with Crippen molar-refractivity contribution in [2.75, 3.05) is 14.2 Å². The number of H-pyrrole nitrogens is 1. The van der Waals surface area contributed by atoms with Crippen molar-refractivity contribution in [3.8, 4) is 11.5 Å². The summed E-state index contributed by atoms with van der Waals surface area (Å²) in [5.74, 6) is 1.20. The Balaban J connectivity index is 2.04. The minimum absolute atomic E-state index is 0.240. The first-order valence-electron chi connectivity index (χ1n) is 7.35. The molecule has 120 valence electrons. The highest BCUT2D eigenvalue weighted by Crippen LogP contribution is 2.40. The number of hydrogen-bond acceptors (Lipinski definition) is 3. The van der Waals surface area contributed by atoms with E-state index in [1.807, 2.05) is 18.3 Å². The monoisotopic (exact) mass is 331 g/mol. The summed E-state index contributed by atoms with van der Waals surface area (Å²) in [6, 6.07) is 8.79. The maximum Gasteiger partial charge on any atom is 0.161 e.